The van der Waals surface area contributed by atoms with Crippen molar-refractivity contribution >= 4 is 62.1 Å². The molecule has 2 N–H and O–H groups in total. The van der Waals surface area contributed by atoms with Crippen molar-refractivity contribution in [3.8, 4) is 11.5 Å². The van der Waals surface area contributed by atoms with Crippen molar-refractivity contribution in [3.63, 3.8) is 0 Å². The summed E-state index contributed by atoms with van der Waals surface area (Å²) in [4.78, 5) is 27.8. The van der Waals surface area contributed by atoms with Gasteiger partial charge in [-0.15, -0.1) is 0 Å². The number of anilines is 1. The third kappa shape index (κ3) is 4.92. The highest BCUT2D eigenvalue weighted by molar-refractivity contribution is 7.90. The SMILES string of the molecule is CS(=O)(=O)c1ccc(Oc2ccc(Cl)cc2[C@H]2NC(=O)C[C@@H](c3cccc(Cl)c3)[C@]23C(=O)Nc2cc(Cl)ccc23)cc1. The van der Waals surface area contributed by atoms with Crippen LogP contribution in [0.1, 0.15) is 35.1 Å². The van der Waals surface area contributed by atoms with Gasteiger partial charge in [-0.3, -0.25) is 9.59 Å². The molecular weight excluding hydrogens is 619 g/mol. The van der Waals surface area contributed by atoms with Crippen molar-refractivity contribution < 1.29 is 22.7 Å². The van der Waals surface area contributed by atoms with E-state index in [2.05, 4.69) is 10.6 Å². The van der Waals surface area contributed by atoms with Crippen molar-refractivity contribution in [3.05, 3.63) is 117 Å². The van der Waals surface area contributed by atoms with Crippen LogP contribution in [0, 0.1) is 0 Å². The first kappa shape index (κ1) is 28.6. The number of sulfone groups is 1. The number of carbonyl (C=O) groups is 2. The minimum Gasteiger partial charge on any atom is -0.457 e. The molecule has 0 radical (unpaired) electrons. The largest absolute Gasteiger partial charge is 0.457 e. The number of rotatable bonds is 5. The molecule has 42 heavy (non-hydrogen) atoms. The molecule has 7 nitrogen and oxygen atoms in total. The maximum Gasteiger partial charge on any atom is 0.238 e. The van der Waals surface area contributed by atoms with Crippen molar-refractivity contribution in [1.82, 2.24) is 5.32 Å². The van der Waals surface area contributed by atoms with Gasteiger partial charge in [0.2, 0.25) is 11.8 Å². The molecule has 3 atom stereocenters. The molecule has 1 spiro atoms. The average molecular weight is 642 g/mol. The minimum atomic E-state index is -3.40. The Morgan fingerprint density at radius 2 is 1.55 bits per heavy atom. The molecule has 0 aromatic heterocycles. The third-order valence-corrected chi connectivity index (χ3v) is 9.60. The molecule has 2 aliphatic rings. The average Bonchev–Trinajstić information content (AvgIpc) is 3.21. The summed E-state index contributed by atoms with van der Waals surface area (Å²) >= 11 is 19.2. The van der Waals surface area contributed by atoms with E-state index in [1.165, 1.54) is 12.1 Å². The van der Waals surface area contributed by atoms with Gasteiger partial charge >= 0.3 is 0 Å². The number of nitrogens with one attached hydrogen (secondary N) is 2. The zero-order valence-corrected chi connectivity index (χ0v) is 25.1. The minimum absolute atomic E-state index is 0.0238. The lowest BCUT2D eigenvalue weighted by molar-refractivity contribution is -0.131. The summed E-state index contributed by atoms with van der Waals surface area (Å²) in [7, 11) is -3.40. The van der Waals surface area contributed by atoms with Gasteiger partial charge in [0.05, 0.1) is 10.9 Å². The highest BCUT2D eigenvalue weighted by atomic mass is 35.5. The molecule has 2 amide bonds. The van der Waals surface area contributed by atoms with Crippen LogP contribution in [-0.2, 0) is 24.8 Å². The Labute approximate surface area is 257 Å². The number of hydrogen-bond donors (Lipinski definition) is 2. The Morgan fingerprint density at radius 3 is 2.26 bits per heavy atom. The van der Waals surface area contributed by atoms with Crippen molar-refractivity contribution in [2.24, 2.45) is 0 Å². The molecule has 2 aliphatic heterocycles. The molecule has 2 heterocycles. The number of carbonyl (C=O) groups excluding carboxylic acids is 2. The van der Waals surface area contributed by atoms with Gasteiger partial charge in [-0.2, -0.15) is 0 Å². The van der Waals surface area contributed by atoms with Gasteiger partial charge in [-0.25, -0.2) is 8.42 Å². The molecule has 0 bridgehead atoms. The zero-order valence-electron chi connectivity index (χ0n) is 22.0. The van der Waals surface area contributed by atoms with Gasteiger partial charge in [-0.05, 0) is 77.9 Å². The van der Waals surface area contributed by atoms with Crippen LogP contribution in [-0.4, -0.2) is 26.5 Å². The first-order chi connectivity index (χ1) is 20.0. The smallest absolute Gasteiger partial charge is 0.238 e. The summed E-state index contributed by atoms with van der Waals surface area (Å²) in [6, 6.07) is 22.3. The molecule has 1 fully saturated rings. The van der Waals surface area contributed by atoms with E-state index >= 15 is 0 Å². The second-order valence-corrected chi connectivity index (χ2v) is 13.7. The Morgan fingerprint density at radius 1 is 0.857 bits per heavy atom. The lowest BCUT2D eigenvalue weighted by Crippen LogP contribution is -2.56. The van der Waals surface area contributed by atoms with Gasteiger partial charge in [0.15, 0.2) is 9.84 Å². The third-order valence-electron chi connectivity index (χ3n) is 7.76. The van der Waals surface area contributed by atoms with Crippen LogP contribution in [0.4, 0.5) is 5.69 Å². The summed E-state index contributed by atoms with van der Waals surface area (Å²) in [5.41, 5.74) is 1.06. The van der Waals surface area contributed by atoms with Crippen molar-refractivity contribution in [2.45, 2.75) is 28.7 Å². The Kier molecular flexibility index (Phi) is 7.22. The lowest BCUT2D eigenvalue weighted by Gasteiger charge is -2.46. The summed E-state index contributed by atoms with van der Waals surface area (Å²) in [6.45, 7) is 0. The van der Waals surface area contributed by atoms with E-state index in [1.54, 1.807) is 66.7 Å². The van der Waals surface area contributed by atoms with Gasteiger partial charge in [0, 0.05) is 44.9 Å². The van der Waals surface area contributed by atoms with Gasteiger partial charge in [0.25, 0.3) is 0 Å². The number of hydrogen-bond acceptors (Lipinski definition) is 5. The molecule has 4 aromatic rings. The monoisotopic (exact) mass is 640 g/mol. The second-order valence-electron chi connectivity index (χ2n) is 10.4. The number of piperidine rings is 1. The molecule has 1 saturated heterocycles. The first-order valence-corrected chi connectivity index (χ1v) is 15.9. The molecule has 0 unspecified atom stereocenters. The molecular formula is C31H23Cl3N2O5S. The summed E-state index contributed by atoms with van der Waals surface area (Å²) in [5.74, 6) is -0.514. The molecule has 214 valence electrons. The lowest BCUT2D eigenvalue weighted by atomic mass is 9.59. The number of ether oxygens (including phenoxy) is 1. The predicted molar refractivity (Wildman–Crippen MR) is 163 cm³/mol. The number of amides is 2. The maximum atomic E-state index is 14.3. The molecule has 11 heteroatoms. The van der Waals surface area contributed by atoms with E-state index in [9.17, 15) is 18.0 Å². The first-order valence-electron chi connectivity index (χ1n) is 12.9. The van der Waals surface area contributed by atoms with Gasteiger partial charge < -0.3 is 15.4 Å². The van der Waals surface area contributed by atoms with E-state index in [0.29, 0.717) is 43.4 Å². The Hall–Kier alpha value is -3.56. The van der Waals surface area contributed by atoms with Gasteiger partial charge in [-0.1, -0.05) is 53.0 Å². The van der Waals surface area contributed by atoms with Gasteiger partial charge in [0.1, 0.15) is 16.9 Å². The van der Waals surface area contributed by atoms with Crippen LogP contribution in [0.25, 0.3) is 0 Å². The normalized spacial score (nSPS) is 21.5. The summed E-state index contributed by atoms with van der Waals surface area (Å²) in [5, 5.41) is 7.35. The quantitative estimate of drug-likeness (QED) is 0.243. The fourth-order valence-corrected chi connectivity index (χ4v) is 7.17. The van der Waals surface area contributed by atoms with Crippen LogP contribution < -0.4 is 15.4 Å². The number of benzene rings is 4. The fraction of sp³-hybridized carbons (Fsp3) is 0.161. The standard InChI is InChI=1S/C31H23Cl3N2O5S/c1-42(39,40)22-9-7-21(8-10-22)41-27-12-6-19(33)14-23(27)29-31(24-11-5-20(34)15-26(24)35-30(31)38)25(16-28(37)36-29)17-3-2-4-18(32)13-17/h2-15,25,29H,16H2,1H3,(H,35,38)(H,36,37)/t25-,29+,31-/m0/s1. The van der Waals surface area contributed by atoms with Crippen LogP contribution in [0.3, 0.4) is 0 Å². The Bertz CT molecular complexity index is 1860. The number of halogens is 3. The molecule has 6 rings (SSSR count). The fourth-order valence-electron chi connectivity index (χ4n) is 5.99. The van der Waals surface area contributed by atoms with Crippen LogP contribution >= 0.6 is 34.8 Å². The highest BCUT2D eigenvalue weighted by Crippen LogP contribution is 2.58. The summed E-state index contributed by atoms with van der Waals surface area (Å²) < 4.78 is 30.1. The van der Waals surface area contributed by atoms with Crippen molar-refractivity contribution in [1.29, 1.82) is 0 Å². The summed E-state index contributed by atoms with van der Waals surface area (Å²) in [6.07, 6.45) is 1.15. The predicted octanol–water partition coefficient (Wildman–Crippen LogP) is 7.08. The molecule has 0 aliphatic carbocycles. The number of fused-ring (bicyclic) bond motifs is 2. The van der Waals surface area contributed by atoms with Crippen LogP contribution in [0.5, 0.6) is 11.5 Å². The second kappa shape index (κ2) is 10.6. The van der Waals surface area contributed by atoms with E-state index in [1.807, 2.05) is 6.07 Å². The molecule has 0 saturated carbocycles. The van der Waals surface area contributed by atoms with Crippen LogP contribution in [0.2, 0.25) is 15.1 Å². The van der Waals surface area contributed by atoms with E-state index in [0.717, 1.165) is 11.8 Å². The van der Waals surface area contributed by atoms with Crippen molar-refractivity contribution in [2.75, 3.05) is 11.6 Å². The van der Waals surface area contributed by atoms with Crippen LogP contribution in [0.15, 0.2) is 89.8 Å². The molecule has 4 aromatic carbocycles. The van der Waals surface area contributed by atoms with E-state index in [-0.39, 0.29) is 23.1 Å². The zero-order chi connectivity index (χ0) is 29.8. The van der Waals surface area contributed by atoms with E-state index < -0.39 is 27.2 Å². The maximum absolute atomic E-state index is 14.3. The van der Waals surface area contributed by atoms with E-state index in [4.69, 9.17) is 39.5 Å². The highest BCUT2D eigenvalue weighted by Gasteiger charge is 2.61. The topological polar surface area (TPSA) is 102 Å². The Balaban J connectivity index is 1.56.